The molecule has 1 saturated carbocycles. The Bertz CT molecular complexity index is 614. The Morgan fingerprint density at radius 2 is 2.21 bits per heavy atom. The van der Waals surface area contributed by atoms with Gasteiger partial charge in [-0.05, 0) is 38.0 Å². The van der Waals surface area contributed by atoms with Crippen molar-refractivity contribution >= 4 is 16.9 Å². The summed E-state index contributed by atoms with van der Waals surface area (Å²) in [4.78, 5) is 14.3. The van der Waals surface area contributed by atoms with Crippen molar-refractivity contribution in [3.05, 3.63) is 35.6 Å². The number of carbonyl (C=O) groups excluding carboxylic acids is 1. The van der Waals surface area contributed by atoms with Gasteiger partial charge in [-0.3, -0.25) is 4.79 Å². The molecule has 19 heavy (non-hydrogen) atoms. The third-order valence-corrected chi connectivity index (χ3v) is 3.50. The van der Waals surface area contributed by atoms with Crippen LogP contribution < -0.4 is 5.73 Å². The quantitative estimate of drug-likeness (QED) is 0.915. The molecule has 1 amide bonds. The predicted molar refractivity (Wildman–Crippen MR) is 74.1 cm³/mol. The van der Waals surface area contributed by atoms with Crippen LogP contribution in [0.2, 0.25) is 0 Å². The third-order valence-electron chi connectivity index (χ3n) is 3.50. The molecule has 1 fully saturated rings. The Morgan fingerprint density at radius 1 is 1.42 bits per heavy atom. The van der Waals surface area contributed by atoms with Crippen molar-refractivity contribution in [1.82, 2.24) is 4.90 Å². The lowest BCUT2D eigenvalue weighted by atomic mass is 10.2. The van der Waals surface area contributed by atoms with Gasteiger partial charge in [-0.2, -0.15) is 0 Å². The van der Waals surface area contributed by atoms with E-state index in [2.05, 4.69) is 0 Å². The van der Waals surface area contributed by atoms with Crippen LogP contribution in [0.15, 0.2) is 28.7 Å². The standard InChI is InChI=1S/C15H18N2O2/c1-10-2-5-13-11(8-10)9-14(19-13)15(18)17(7-6-16)12-3-4-12/h2,5,8-9,12H,3-4,6-7,16H2,1H3. The van der Waals surface area contributed by atoms with Crippen LogP contribution in [0.5, 0.6) is 0 Å². The van der Waals surface area contributed by atoms with Gasteiger partial charge < -0.3 is 15.1 Å². The zero-order valence-corrected chi connectivity index (χ0v) is 11.1. The average Bonchev–Trinajstić information content (AvgIpc) is 3.14. The van der Waals surface area contributed by atoms with Crippen LogP contribution in [0.25, 0.3) is 11.0 Å². The first kappa shape index (κ1) is 12.2. The van der Waals surface area contributed by atoms with Crippen LogP contribution in [0.4, 0.5) is 0 Å². The lowest BCUT2D eigenvalue weighted by molar-refractivity contribution is 0.0718. The van der Waals surface area contributed by atoms with Gasteiger partial charge >= 0.3 is 0 Å². The summed E-state index contributed by atoms with van der Waals surface area (Å²) in [5, 5.41) is 0.979. The number of fused-ring (bicyclic) bond motifs is 1. The van der Waals surface area contributed by atoms with Crippen LogP contribution in [0, 0.1) is 6.92 Å². The lowest BCUT2D eigenvalue weighted by Gasteiger charge is -2.19. The maximum Gasteiger partial charge on any atom is 0.289 e. The number of rotatable bonds is 4. The van der Waals surface area contributed by atoms with Gasteiger partial charge in [0.15, 0.2) is 5.76 Å². The first-order valence-electron chi connectivity index (χ1n) is 6.70. The van der Waals surface area contributed by atoms with Crippen LogP contribution in [0.3, 0.4) is 0 Å². The molecular formula is C15H18N2O2. The Balaban J connectivity index is 1.91. The first-order valence-corrected chi connectivity index (χ1v) is 6.70. The second-order valence-electron chi connectivity index (χ2n) is 5.17. The monoisotopic (exact) mass is 258 g/mol. The molecule has 0 spiro atoms. The van der Waals surface area contributed by atoms with Crippen molar-refractivity contribution in [3.8, 4) is 0 Å². The lowest BCUT2D eigenvalue weighted by Crippen LogP contribution is -2.36. The normalized spacial score (nSPS) is 14.8. The summed E-state index contributed by atoms with van der Waals surface area (Å²) in [6, 6.07) is 8.10. The highest BCUT2D eigenvalue weighted by Gasteiger charge is 2.33. The molecule has 1 aromatic carbocycles. The first-order chi connectivity index (χ1) is 9.19. The van der Waals surface area contributed by atoms with E-state index in [0.29, 0.717) is 24.9 Å². The Labute approximate surface area is 112 Å². The molecule has 0 unspecified atom stereocenters. The Morgan fingerprint density at radius 3 is 2.89 bits per heavy atom. The summed E-state index contributed by atoms with van der Waals surface area (Å²) in [5.41, 5.74) is 7.50. The van der Waals surface area contributed by atoms with E-state index in [1.54, 1.807) is 0 Å². The number of aryl methyl sites for hydroxylation is 1. The Hall–Kier alpha value is -1.81. The maximum absolute atomic E-state index is 12.4. The predicted octanol–water partition coefficient (Wildman–Crippen LogP) is 2.30. The van der Waals surface area contributed by atoms with E-state index in [1.807, 2.05) is 36.1 Å². The molecule has 1 aliphatic carbocycles. The van der Waals surface area contributed by atoms with E-state index in [0.717, 1.165) is 29.4 Å². The molecule has 100 valence electrons. The van der Waals surface area contributed by atoms with E-state index in [-0.39, 0.29) is 5.91 Å². The minimum atomic E-state index is -0.0400. The van der Waals surface area contributed by atoms with Gasteiger partial charge in [0.05, 0.1) is 0 Å². The van der Waals surface area contributed by atoms with Crippen LogP contribution in [0.1, 0.15) is 29.0 Å². The van der Waals surface area contributed by atoms with Crippen molar-refractivity contribution < 1.29 is 9.21 Å². The van der Waals surface area contributed by atoms with Gasteiger partial charge in [-0.15, -0.1) is 0 Å². The highest BCUT2D eigenvalue weighted by atomic mass is 16.3. The molecule has 1 aliphatic rings. The Kier molecular flexibility index (Phi) is 3.03. The summed E-state index contributed by atoms with van der Waals surface area (Å²) >= 11 is 0. The van der Waals surface area contributed by atoms with E-state index in [4.69, 9.17) is 10.2 Å². The SMILES string of the molecule is Cc1ccc2oc(C(=O)N(CCN)C3CC3)cc2c1. The fraction of sp³-hybridized carbons (Fsp3) is 0.400. The molecule has 2 aromatic rings. The number of hydrogen-bond donors (Lipinski definition) is 1. The van der Waals surface area contributed by atoms with E-state index in [1.165, 1.54) is 0 Å². The highest BCUT2D eigenvalue weighted by Crippen LogP contribution is 2.29. The summed E-state index contributed by atoms with van der Waals surface area (Å²) in [6.45, 7) is 3.11. The van der Waals surface area contributed by atoms with Gasteiger partial charge in [-0.1, -0.05) is 11.6 Å². The molecule has 0 bridgehead atoms. The zero-order valence-electron chi connectivity index (χ0n) is 11.1. The van der Waals surface area contributed by atoms with E-state index >= 15 is 0 Å². The van der Waals surface area contributed by atoms with Gasteiger partial charge in [0.25, 0.3) is 5.91 Å². The topological polar surface area (TPSA) is 59.5 Å². The number of hydrogen-bond acceptors (Lipinski definition) is 3. The van der Waals surface area contributed by atoms with Crippen molar-refractivity contribution in [2.45, 2.75) is 25.8 Å². The summed E-state index contributed by atoms with van der Waals surface area (Å²) in [5.74, 6) is 0.378. The number of amides is 1. The molecule has 2 N–H and O–H groups in total. The minimum absolute atomic E-state index is 0.0400. The fourth-order valence-corrected chi connectivity index (χ4v) is 2.38. The zero-order chi connectivity index (χ0) is 13.4. The number of nitrogens with zero attached hydrogens (tertiary/aromatic N) is 1. The van der Waals surface area contributed by atoms with E-state index < -0.39 is 0 Å². The molecule has 0 aliphatic heterocycles. The number of carbonyl (C=O) groups is 1. The molecule has 3 rings (SSSR count). The average molecular weight is 258 g/mol. The highest BCUT2D eigenvalue weighted by molar-refractivity contribution is 5.96. The van der Waals surface area contributed by atoms with Crippen molar-refractivity contribution in [2.24, 2.45) is 5.73 Å². The van der Waals surface area contributed by atoms with Crippen LogP contribution >= 0.6 is 0 Å². The molecule has 0 atom stereocenters. The van der Waals surface area contributed by atoms with E-state index in [9.17, 15) is 4.79 Å². The number of nitrogens with two attached hydrogens (primary N) is 1. The fourth-order valence-electron chi connectivity index (χ4n) is 2.38. The van der Waals surface area contributed by atoms with Crippen molar-refractivity contribution in [1.29, 1.82) is 0 Å². The number of furan rings is 1. The summed E-state index contributed by atoms with van der Waals surface area (Å²) in [7, 11) is 0. The summed E-state index contributed by atoms with van der Waals surface area (Å²) in [6.07, 6.45) is 2.15. The molecule has 0 radical (unpaired) electrons. The van der Waals surface area contributed by atoms with Crippen LogP contribution in [-0.2, 0) is 0 Å². The molecule has 0 saturated heterocycles. The third kappa shape index (κ3) is 2.36. The smallest absolute Gasteiger partial charge is 0.289 e. The van der Waals surface area contributed by atoms with Gasteiger partial charge in [0.1, 0.15) is 5.58 Å². The van der Waals surface area contributed by atoms with Gasteiger partial charge in [-0.25, -0.2) is 0 Å². The maximum atomic E-state index is 12.4. The molecule has 4 heteroatoms. The minimum Gasteiger partial charge on any atom is -0.451 e. The van der Waals surface area contributed by atoms with Crippen molar-refractivity contribution in [3.63, 3.8) is 0 Å². The molecular weight excluding hydrogens is 240 g/mol. The van der Waals surface area contributed by atoms with Gasteiger partial charge in [0, 0.05) is 24.5 Å². The second kappa shape index (κ2) is 4.70. The molecule has 4 nitrogen and oxygen atoms in total. The van der Waals surface area contributed by atoms with Crippen LogP contribution in [-0.4, -0.2) is 29.9 Å². The number of benzene rings is 1. The van der Waals surface area contributed by atoms with Crippen molar-refractivity contribution in [2.75, 3.05) is 13.1 Å². The molecule has 1 aromatic heterocycles. The largest absolute Gasteiger partial charge is 0.451 e. The molecule has 1 heterocycles. The van der Waals surface area contributed by atoms with Gasteiger partial charge in [0.2, 0.25) is 0 Å². The summed E-state index contributed by atoms with van der Waals surface area (Å²) < 4.78 is 5.66. The second-order valence-corrected chi connectivity index (χ2v) is 5.17.